The number of pyridine rings is 1. The Labute approximate surface area is 216 Å². The van der Waals surface area contributed by atoms with E-state index in [9.17, 15) is 14.0 Å². The third kappa shape index (κ3) is 4.64. The molecule has 3 amide bonds. The van der Waals surface area contributed by atoms with E-state index >= 15 is 0 Å². The highest BCUT2D eigenvalue weighted by molar-refractivity contribution is 5.94. The molecule has 3 saturated heterocycles. The van der Waals surface area contributed by atoms with Crippen molar-refractivity contribution in [2.45, 2.75) is 51.1 Å². The number of nitrogens with one attached hydrogen (secondary N) is 2. The Morgan fingerprint density at radius 1 is 1.19 bits per heavy atom. The summed E-state index contributed by atoms with van der Waals surface area (Å²) < 4.78 is 19.3. The summed E-state index contributed by atoms with van der Waals surface area (Å²) in [5, 5.41) is 0. The number of methoxy groups -OCH3 is 1. The molecular formula is C27H35FN6O3. The molecule has 5 rings (SSSR count). The molecule has 10 heteroatoms. The molecule has 2 aromatic rings. The van der Waals surface area contributed by atoms with E-state index in [1.807, 2.05) is 17.0 Å². The molecule has 0 atom stereocenters. The number of halogens is 1. The molecule has 0 radical (unpaired) electrons. The highest BCUT2D eigenvalue weighted by Gasteiger charge is 2.52. The zero-order valence-corrected chi connectivity index (χ0v) is 21.7. The Morgan fingerprint density at radius 2 is 1.92 bits per heavy atom. The summed E-state index contributed by atoms with van der Waals surface area (Å²) in [5.41, 5.74) is 9.38. The minimum absolute atomic E-state index is 0.137. The number of ether oxygens (including phenoxy) is 1. The van der Waals surface area contributed by atoms with E-state index in [1.165, 1.54) is 18.7 Å². The number of anilines is 1. The highest BCUT2D eigenvalue weighted by atomic mass is 19.1. The molecule has 9 nitrogen and oxygen atoms in total. The van der Waals surface area contributed by atoms with Gasteiger partial charge in [0.05, 0.1) is 19.2 Å². The van der Waals surface area contributed by atoms with Gasteiger partial charge in [-0.15, -0.1) is 0 Å². The number of hydrogen-bond donors (Lipinski definition) is 2. The topological polar surface area (TPSA) is 90.0 Å². The number of urea groups is 1. The molecular weight excluding hydrogens is 475 g/mol. The molecule has 3 aliphatic heterocycles. The quantitative estimate of drug-likeness (QED) is 0.642. The lowest BCUT2D eigenvalue weighted by Crippen LogP contribution is -2.55. The Balaban J connectivity index is 1.47. The number of carbonyl (C=O) groups is 2. The molecule has 2 N–H and O–H groups in total. The summed E-state index contributed by atoms with van der Waals surface area (Å²) in [4.78, 5) is 36.4. The first-order valence-electron chi connectivity index (χ1n) is 13.0. The van der Waals surface area contributed by atoms with Crippen LogP contribution in [0.3, 0.4) is 0 Å². The minimum atomic E-state index is -0.494. The smallest absolute Gasteiger partial charge is 0.409 e. The van der Waals surface area contributed by atoms with Gasteiger partial charge in [-0.3, -0.25) is 15.8 Å². The largest absolute Gasteiger partial charge is 0.453 e. The number of carbonyl (C=O) groups excluding carboxylic acids is 2. The van der Waals surface area contributed by atoms with E-state index in [1.54, 1.807) is 22.8 Å². The van der Waals surface area contributed by atoms with Crippen molar-refractivity contribution in [3.05, 3.63) is 58.5 Å². The van der Waals surface area contributed by atoms with Crippen molar-refractivity contribution in [3.63, 3.8) is 0 Å². The Kier molecular flexibility index (Phi) is 7.04. The monoisotopic (exact) mass is 510 g/mol. The van der Waals surface area contributed by atoms with Crippen molar-refractivity contribution >= 4 is 17.9 Å². The van der Waals surface area contributed by atoms with Gasteiger partial charge in [0.1, 0.15) is 11.6 Å². The summed E-state index contributed by atoms with van der Waals surface area (Å²) >= 11 is 0. The van der Waals surface area contributed by atoms with Crippen LogP contribution in [0, 0.1) is 12.7 Å². The van der Waals surface area contributed by atoms with Gasteiger partial charge < -0.3 is 14.5 Å². The van der Waals surface area contributed by atoms with E-state index < -0.39 is 5.54 Å². The fraction of sp³-hybridized carbons (Fsp3) is 0.519. The van der Waals surface area contributed by atoms with Gasteiger partial charge in [-0.1, -0.05) is 25.1 Å². The predicted octanol–water partition coefficient (Wildman–Crippen LogP) is 3.33. The number of nitrogens with zero attached hydrogens (tertiary/aromatic N) is 4. The number of rotatable bonds is 5. The molecule has 0 saturated carbocycles. The second-order valence-electron chi connectivity index (χ2n) is 10.2. The lowest BCUT2D eigenvalue weighted by Gasteiger charge is -2.43. The van der Waals surface area contributed by atoms with Gasteiger partial charge in [-0.2, -0.15) is 0 Å². The van der Waals surface area contributed by atoms with Crippen LogP contribution in [0.4, 0.5) is 19.8 Å². The van der Waals surface area contributed by atoms with Crippen LogP contribution in [0.2, 0.25) is 0 Å². The molecule has 1 aromatic carbocycles. The van der Waals surface area contributed by atoms with Crippen molar-refractivity contribution in [2.24, 2.45) is 0 Å². The van der Waals surface area contributed by atoms with Crippen LogP contribution in [0.15, 0.2) is 30.3 Å². The molecule has 0 bridgehead atoms. The van der Waals surface area contributed by atoms with Crippen LogP contribution >= 0.6 is 0 Å². The third-order valence-corrected chi connectivity index (χ3v) is 8.19. The molecule has 1 aromatic heterocycles. The van der Waals surface area contributed by atoms with Crippen molar-refractivity contribution < 1.29 is 18.7 Å². The maximum atomic E-state index is 14.4. The average molecular weight is 511 g/mol. The van der Waals surface area contributed by atoms with Crippen molar-refractivity contribution in [1.29, 1.82) is 0 Å². The first-order valence-corrected chi connectivity index (χ1v) is 13.0. The lowest BCUT2D eigenvalue weighted by atomic mass is 9.86. The van der Waals surface area contributed by atoms with Gasteiger partial charge in [-0.25, -0.2) is 19.0 Å². The first kappa shape index (κ1) is 25.4. The van der Waals surface area contributed by atoms with Gasteiger partial charge in [0.2, 0.25) is 0 Å². The molecule has 0 unspecified atom stereocenters. The van der Waals surface area contributed by atoms with E-state index in [2.05, 4.69) is 23.8 Å². The van der Waals surface area contributed by atoms with E-state index in [-0.39, 0.29) is 17.9 Å². The van der Waals surface area contributed by atoms with Crippen LogP contribution in [-0.4, -0.2) is 72.3 Å². The SMILES string of the molecule is CCc1nc(N2CC3(CCN(C(=O)OC)CC3)N(Cc3cccc(F)c3C)C2=O)ccc1C1CNNC1. The standard InChI is InChI=1S/C27H35FN6O3/c1-4-23-21(20-14-29-30-15-20)8-9-24(31-23)33-17-27(10-12-32(13-11-27)26(36)37-3)34(25(33)35)16-19-6-5-7-22(28)18(19)2/h5-9,20,29-30H,4,10-17H2,1-3H3. The van der Waals surface area contributed by atoms with Gasteiger partial charge in [0, 0.05) is 44.3 Å². The maximum absolute atomic E-state index is 14.4. The number of likely N-dealkylation sites (tertiary alicyclic amines) is 1. The van der Waals surface area contributed by atoms with Crippen molar-refractivity contribution in [3.8, 4) is 0 Å². The number of piperidine rings is 1. The second-order valence-corrected chi connectivity index (χ2v) is 10.2. The van der Waals surface area contributed by atoms with Crippen LogP contribution in [-0.2, 0) is 17.7 Å². The van der Waals surface area contributed by atoms with E-state index in [0.29, 0.717) is 56.3 Å². The Bertz CT molecular complexity index is 1180. The number of aromatic nitrogens is 1. The molecule has 4 heterocycles. The zero-order chi connectivity index (χ0) is 26.2. The van der Waals surface area contributed by atoms with E-state index in [4.69, 9.17) is 9.72 Å². The Hall–Kier alpha value is -3.24. The van der Waals surface area contributed by atoms with Crippen molar-refractivity contribution in [2.75, 3.05) is 44.7 Å². The minimum Gasteiger partial charge on any atom is -0.453 e. The number of hydrogen-bond acceptors (Lipinski definition) is 6. The normalized spacial score (nSPS) is 19.8. The van der Waals surface area contributed by atoms with Gasteiger partial charge in [0.15, 0.2) is 0 Å². The van der Waals surface area contributed by atoms with Crippen LogP contribution in [0.5, 0.6) is 0 Å². The average Bonchev–Trinajstić information content (AvgIpc) is 3.54. The Morgan fingerprint density at radius 3 is 2.59 bits per heavy atom. The number of aryl methyl sites for hydroxylation is 1. The number of benzene rings is 1. The molecule has 0 aliphatic carbocycles. The van der Waals surface area contributed by atoms with Gasteiger partial charge in [0.25, 0.3) is 0 Å². The summed E-state index contributed by atoms with van der Waals surface area (Å²) in [6, 6.07) is 8.90. The van der Waals surface area contributed by atoms with Gasteiger partial charge >= 0.3 is 12.1 Å². The molecule has 198 valence electrons. The second kappa shape index (κ2) is 10.3. The molecule has 3 aliphatic rings. The molecule has 37 heavy (non-hydrogen) atoms. The first-order chi connectivity index (χ1) is 17.9. The van der Waals surface area contributed by atoms with Crippen LogP contribution in [0.1, 0.15) is 48.1 Å². The maximum Gasteiger partial charge on any atom is 0.409 e. The summed E-state index contributed by atoms with van der Waals surface area (Å²) in [7, 11) is 1.38. The lowest BCUT2D eigenvalue weighted by molar-refractivity contribution is 0.0615. The van der Waals surface area contributed by atoms with E-state index in [0.717, 1.165) is 30.8 Å². The highest BCUT2D eigenvalue weighted by Crippen LogP contribution is 2.40. The fourth-order valence-corrected chi connectivity index (χ4v) is 5.86. The van der Waals surface area contributed by atoms with Gasteiger partial charge in [-0.05, 0) is 55.0 Å². The predicted molar refractivity (Wildman–Crippen MR) is 138 cm³/mol. The molecule has 1 spiro atoms. The van der Waals surface area contributed by atoms with Crippen LogP contribution in [0.25, 0.3) is 0 Å². The van der Waals surface area contributed by atoms with Crippen LogP contribution < -0.4 is 15.8 Å². The summed E-state index contributed by atoms with van der Waals surface area (Å²) in [6.45, 7) is 7.26. The summed E-state index contributed by atoms with van der Waals surface area (Å²) in [6.07, 6.45) is 1.63. The summed E-state index contributed by atoms with van der Waals surface area (Å²) in [5.74, 6) is 0.696. The number of hydrazine groups is 1. The fourth-order valence-electron chi connectivity index (χ4n) is 5.86. The third-order valence-electron chi connectivity index (χ3n) is 8.19. The molecule has 3 fully saturated rings. The number of amides is 3. The van der Waals surface area contributed by atoms with Crippen molar-refractivity contribution in [1.82, 2.24) is 25.6 Å². The zero-order valence-electron chi connectivity index (χ0n) is 21.7.